The molecule has 0 radical (unpaired) electrons. The average Bonchev–Trinajstić information content (AvgIpc) is 2.50. The zero-order valence-corrected chi connectivity index (χ0v) is 13.6. The first-order chi connectivity index (χ1) is 10.4. The van der Waals surface area contributed by atoms with Crippen LogP contribution in [0.5, 0.6) is 17.2 Å². The van der Waals surface area contributed by atoms with Crippen molar-refractivity contribution >= 4 is 17.7 Å². The molecule has 22 heavy (non-hydrogen) atoms. The maximum absolute atomic E-state index is 11.9. The van der Waals surface area contributed by atoms with Crippen molar-refractivity contribution in [3.63, 3.8) is 0 Å². The molecule has 0 saturated heterocycles. The van der Waals surface area contributed by atoms with Gasteiger partial charge in [-0.1, -0.05) is 0 Å². The summed E-state index contributed by atoms with van der Waals surface area (Å²) >= 11 is 0. The molecule has 1 aromatic rings. The number of carbonyl (C=O) groups excluding carboxylic acids is 1. The molecule has 1 aromatic carbocycles. The lowest BCUT2D eigenvalue weighted by molar-refractivity contribution is 0.255. The summed E-state index contributed by atoms with van der Waals surface area (Å²) in [5, 5.41) is 15.0. The molecule has 2 amide bonds. The van der Waals surface area contributed by atoms with Crippen LogP contribution in [0.1, 0.15) is 11.1 Å². The molecule has 0 spiro atoms. The molecule has 0 aliphatic carbocycles. The second-order valence-electron chi connectivity index (χ2n) is 4.43. The van der Waals surface area contributed by atoms with Gasteiger partial charge >= 0.3 is 6.03 Å². The molecule has 0 heterocycles. The Kier molecular flexibility index (Phi) is 5.85. The molecule has 0 unspecified atom stereocenters. The highest BCUT2D eigenvalue weighted by Crippen LogP contribution is 2.46. The monoisotopic (exact) mass is 310 g/mol. The van der Waals surface area contributed by atoms with E-state index in [1.807, 2.05) is 0 Å². The van der Waals surface area contributed by atoms with Crippen LogP contribution < -0.4 is 30.2 Å². The van der Waals surface area contributed by atoms with Crippen molar-refractivity contribution in [3.8, 4) is 17.2 Å². The lowest BCUT2D eigenvalue weighted by Gasteiger charge is -2.21. The Morgan fingerprint density at radius 1 is 0.955 bits per heavy atom. The fourth-order valence-electron chi connectivity index (χ4n) is 2.14. The van der Waals surface area contributed by atoms with Crippen LogP contribution in [0.4, 0.5) is 10.5 Å². The van der Waals surface area contributed by atoms with Crippen LogP contribution in [-0.4, -0.2) is 40.4 Å². The van der Waals surface area contributed by atoms with Gasteiger partial charge < -0.3 is 24.8 Å². The molecular weight excluding hydrogens is 288 g/mol. The number of guanidine groups is 1. The highest BCUT2D eigenvalue weighted by Gasteiger charge is 2.23. The fraction of sp³-hybridized carbons (Fsp3) is 0.429. The Balaban J connectivity index is 3.30. The minimum atomic E-state index is -0.542. The number of anilines is 1. The third kappa shape index (κ3) is 3.33. The van der Waals surface area contributed by atoms with Crippen molar-refractivity contribution in [1.29, 1.82) is 5.41 Å². The van der Waals surface area contributed by atoms with Gasteiger partial charge in [-0.05, 0) is 13.8 Å². The normalized spacial score (nSPS) is 9.73. The zero-order chi connectivity index (χ0) is 16.9. The van der Waals surface area contributed by atoms with Crippen molar-refractivity contribution in [2.45, 2.75) is 13.8 Å². The number of hydrogen-bond acceptors (Lipinski definition) is 5. The average molecular weight is 310 g/mol. The Bertz CT molecular complexity index is 556. The second kappa shape index (κ2) is 7.39. The molecule has 0 bridgehead atoms. The Labute approximate surface area is 129 Å². The van der Waals surface area contributed by atoms with E-state index in [-0.39, 0.29) is 5.96 Å². The number of urea groups is 1. The van der Waals surface area contributed by atoms with E-state index < -0.39 is 6.03 Å². The van der Waals surface area contributed by atoms with E-state index in [0.29, 0.717) is 34.1 Å². The van der Waals surface area contributed by atoms with E-state index in [4.69, 9.17) is 19.6 Å². The van der Waals surface area contributed by atoms with Gasteiger partial charge in [-0.25, -0.2) is 4.79 Å². The molecule has 0 saturated carbocycles. The summed E-state index contributed by atoms with van der Waals surface area (Å²) in [7, 11) is 6.09. The number of hydrogen-bond donors (Lipinski definition) is 4. The summed E-state index contributed by atoms with van der Waals surface area (Å²) in [5.41, 5.74) is 1.93. The van der Waals surface area contributed by atoms with E-state index >= 15 is 0 Å². The van der Waals surface area contributed by atoms with Crippen LogP contribution in [0.25, 0.3) is 0 Å². The van der Waals surface area contributed by atoms with Crippen molar-refractivity contribution in [1.82, 2.24) is 10.6 Å². The Morgan fingerprint density at radius 3 is 1.77 bits per heavy atom. The smallest absolute Gasteiger partial charge is 0.326 e. The lowest BCUT2D eigenvalue weighted by Crippen LogP contribution is -2.40. The number of rotatable bonds is 4. The third-order valence-corrected chi connectivity index (χ3v) is 3.18. The van der Waals surface area contributed by atoms with Crippen LogP contribution in [0.2, 0.25) is 0 Å². The SMILES string of the molecule is CNC(=N)NC(=O)Nc1c(C)c(OC)c(OC)c(OC)c1C. The van der Waals surface area contributed by atoms with Crippen molar-refractivity contribution in [3.05, 3.63) is 11.1 Å². The molecule has 8 nitrogen and oxygen atoms in total. The largest absolute Gasteiger partial charge is 0.492 e. The molecule has 0 aromatic heterocycles. The van der Waals surface area contributed by atoms with Gasteiger partial charge in [-0.15, -0.1) is 0 Å². The van der Waals surface area contributed by atoms with E-state index in [2.05, 4.69) is 16.0 Å². The van der Waals surface area contributed by atoms with Crippen LogP contribution >= 0.6 is 0 Å². The Hall–Kier alpha value is -2.64. The molecule has 4 N–H and O–H groups in total. The summed E-state index contributed by atoms with van der Waals surface area (Å²) in [4.78, 5) is 11.9. The second-order valence-corrected chi connectivity index (χ2v) is 4.43. The number of ether oxygens (including phenoxy) is 3. The number of amides is 2. The Morgan fingerprint density at radius 2 is 1.41 bits per heavy atom. The highest BCUT2D eigenvalue weighted by atomic mass is 16.5. The molecular formula is C14H22N4O4. The van der Waals surface area contributed by atoms with Gasteiger partial charge in [0.2, 0.25) is 5.75 Å². The fourth-order valence-corrected chi connectivity index (χ4v) is 2.14. The van der Waals surface area contributed by atoms with E-state index in [1.54, 1.807) is 20.9 Å². The van der Waals surface area contributed by atoms with Gasteiger partial charge in [0.1, 0.15) is 0 Å². The first-order valence-corrected chi connectivity index (χ1v) is 6.54. The summed E-state index contributed by atoms with van der Waals surface area (Å²) in [6.07, 6.45) is 0. The molecule has 8 heteroatoms. The van der Waals surface area contributed by atoms with Crippen LogP contribution in [0.3, 0.4) is 0 Å². The van der Waals surface area contributed by atoms with Gasteiger partial charge in [-0.2, -0.15) is 0 Å². The number of nitrogens with one attached hydrogen (secondary N) is 4. The number of benzene rings is 1. The van der Waals surface area contributed by atoms with E-state index in [0.717, 1.165) is 0 Å². The van der Waals surface area contributed by atoms with Crippen molar-refractivity contribution < 1.29 is 19.0 Å². The van der Waals surface area contributed by atoms with Gasteiger partial charge in [0, 0.05) is 18.2 Å². The van der Waals surface area contributed by atoms with Crippen LogP contribution in [-0.2, 0) is 0 Å². The number of carbonyl (C=O) groups is 1. The molecule has 1 rings (SSSR count). The van der Waals surface area contributed by atoms with Gasteiger partial charge in [-0.3, -0.25) is 10.7 Å². The third-order valence-electron chi connectivity index (χ3n) is 3.18. The zero-order valence-electron chi connectivity index (χ0n) is 13.6. The van der Waals surface area contributed by atoms with Gasteiger partial charge in [0.15, 0.2) is 17.5 Å². The highest BCUT2D eigenvalue weighted by molar-refractivity contribution is 6.02. The first-order valence-electron chi connectivity index (χ1n) is 6.54. The molecule has 0 fully saturated rings. The van der Waals surface area contributed by atoms with Gasteiger partial charge in [0.25, 0.3) is 0 Å². The topological polar surface area (TPSA) is 105 Å². The maximum Gasteiger partial charge on any atom is 0.326 e. The summed E-state index contributed by atoms with van der Waals surface area (Å²) in [6, 6.07) is -0.542. The molecule has 0 atom stereocenters. The predicted molar refractivity (Wildman–Crippen MR) is 84.5 cm³/mol. The first kappa shape index (κ1) is 17.4. The predicted octanol–water partition coefficient (Wildman–Crippen LogP) is 1.60. The van der Waals surface area contributed by atoms with Crippen molar-refractivity contribution in [2.24, 2.45) is 0 Å². The van der Waals surface area contributed by atoms with Gasteiger partial charge in [0.05, 0.1) is 27.0 Å². The minimum Gasteiger partial charge on any atom is -0.492 e. The van der Waals surface area contributed by atoms with E-state index in [1.165, 1.54) is 21.3 Å². The summed E-state index contributed by atoms with van der Waals surface area (Å²) < 4.78 is 16.1. The minimum absolute atomic E-state index is 0.111. The molecule has 0 aliphatic heterocycles. The molecule has 0 aliphatic rings. The standard InChI is InChI=1S/C14H22N4O4/c1-7-9(17-14(19)18-13(15)16-3)8(2)11(21-5)12(22-6)10(7)20-4/h1-6H3,(H4,15,16,17,18,19). The summed E-state index contributed by atoms with van der Waals surface area (Å²) in [6.45, 7) is 3.60. The van der Waals surface area contributed by atoms with E-state index in [9.17, 15) is 4.79 Å². The maximum atomic E-state index is 11.9. The molecule has 122 valence electrons. The summed E-state index contributed by atoms with van der Waals surface area (Å²) in [5.74, 6) is 1.31. The quantitative estimate of drug-likeness (QED) is 0.499. The van der Waals surface area contributed by atoms with Crippen molar-refractivity contribution in [2.75, 3.05) is 33.7 Å². The lowest BCUT2D eigenvalue weighted by atomic mass is 10.1. The van der Waals surface area contributed by atoms with Crippen LogP contribution in [0.15, 0.2) is 0 Å². The van der Waals surface area contributed by atoms with Crippen LogP contribution in [0, 0.1) is 19.3 Å². The number of methoxy groups -OCH3 is 3.